The van der Waals surface area contributed by atoms with E-state index >= 15 is 0 Å². The molecule has 0 aliphatic carbocycles. The fraction of sp³-hybridized carbons (Fsp3) is 0.429. The lowest BCUT2D eigenvalue weighted by Crippen LogP contribution is -2.50. The van der Waals surface area contributed by atoms with Gasteiger partial charge in [0.15, 0.2) is 0 Å². The average Bonchev–Trinajstić information content (AvgIpc) is 2.72. The van der Waals surface area contributed by atoms with Crippen molar-refractivity contribution in [3.8, 4) is 5.75 Å². The summed E-state index contributed by atoms with van der Waals surface area (Å²) < 4.78 is 60.4. The van der Waals surface area contributed by atoms with Crippen molar-refractivity contribution < 1.29 is 21.6 Å². The van der Waals surface area contributed by atoms with Crippen molar-refractivity contribution in [2.75, 3.05) is 33.3 Å². The molecule has 30 heavy (non-hydrogen) atoms. The summed E-state index contributed by atoms with van der Waals surface area (Å²) in [6.07, 6.45) is 0. The van der Waals surface area contributed by atoms with Crippen molar-refractivity contribution in [1.29, 1.82) is 0 Å². The second-order valence-corrected chi connectivity index (χ2v) is 11.4. The van der Waals surface area contributed by atoms with E-state index in [1.54, 1.807) is 12.1 Å². The Morgan fingerprint density at radius 2 is 1.17 bits per heavy atom. The van der Waals surface area contributed by atoms with Crippen molar-refractivity contribution in [1.82, 2.24) is 8.61 Å². The van der Waals surface area contributed by atoms with Gasteiger partial charge in [-0.05, 0) is 74.2 Å². The van der Waals surface area contributed by atoms with Crippen LogP contribution in [0.4, 0.5) is 0 Å². The largest absolute Gasteiger partial charge is 0.497 e. The summed E-state index contributed by atoms with van der Waals surface area (Å²) in [4.78, 5) is 0.507. The SMILES string of the molecule is COc1ccc(S(=O)(=O)N2CCN(S(=O)(=O)c3c(C)c(C)cc(C)c3C)CC2)cc1. The van der Waals surface area contributed by atoms with Crippen molar-refractivity contribution in [2.45, 2.75) is 37.5 Å². The van der Waals surface area contributed by atoms with E-state index in [2.05, 4.69) is 0 Å². The molecule has 1 aliphatic rings. The fourth-order valence-corrected chi connectivity index (χ4v) is 7.16. The van der Waals surface area contributed by atoms with Gasteiger partial charge in [-0.1, -0.05) is 6.07 Å². The highest BCUT2D eigenvalue weighted by Crippen LogP contribution is 2.30. The molecule has 1 saturated heterocycles. The highest BCUT2D eigenvalue weighted by molar-refractivity contribution is 7.89. The summed E-state index contributed by atoms with van der Waals surface area (Å²) in [5, 5.41) is 0. The van der Waals surface area contributed by atoms with Crippen LogP contribution in [0.25, 0.3) is 0 Å². The summed E-state index contributed by atoms with van der Waals surface area (Å²) in [5.74, 6) is 0.573. The first kappa shape index (κ1) is 22.7. The highest BCUT2D eigenvalue weighted by Gasteiger charge is 2.35. The van der Waals surface area contributed by atoms with Gasteiger partial charge < -0.3 is 4.74 Å². The standard InChI is InChI=1S/C21H28N2O5S2/c1-15-14-16(2)18(4)21(17(15)3)30(26,27)23-12-10-22(11-13-23)29(24,25)20-8-6-19(28-5)7-9-20/h6-9,14H,10-13H2,1-5H3. The molecule has 0 saturated carbocycles. The van der Waals surface area contributed by atoms with Gasteiger partial charge in [-0.25, -0.2) is 16.8 Å². The van der Waals surface area contributed by atoms with Crippen LogP contribution in [-0.4, -0.2) is 58.7 Å². The number of sulfonamides is 2. The molecule has 2 aromatic rings. The maximum absolute atomic E-state index is 13.4. The Kier molecular flexibility index (Phi) is 6.29. The molecular weight excluding hydrogens is 424 g/mol. The Hall–Kier alpha value is -1.94. The molecule has 0 radical (unpaired) electrons. The van der Waals surface area contributed by atoms with Gasteiger partial charge >= 0.3 is 0 Å². The van der Waals surface area contributed by atoms with Gasteiger partial charge in [0, 0.05) is 26.2 Å². The Morgan fingerprint density at radius 3 is 1.60 bits per heavy atom. The lowest BCUT2D eigenvalue weighted by Gasteiger charge is -2.34. The molecule has 0 bridgehead atoms. The number of methoxy groups -OCH3 is 1. The molecule has 3 rings (SSSR count). The summed E-state index contributed by atoms with van der Waals surface area (Å²) in [7, 11) is -5.89. The van der Waals surface area contributed by atoms with Crippen molar-refractivity contribution in [2.24, 2.45) is 0 Å². The zero-order valence-electron chi connectivity index (χ0n) is 18.0. The van der Waals surface area contributed by atoms with E-state index in [0.29, 0.717) is 10.6 Å². The highest BCUT2D eigenvalue weighted by atomic mass is 32.2. The van der Waals surface area contributed by atoms with Crippen molar-refractivity contribution >= 4 is 20.0 Å². The molecular formula is C21H28N2O5S2. The summed E-state index contributed by atoms with van der Waals surface area (Å²) in [6, 6.07) is 8.18. The molecule has 0 amide bonds. The molecule has 1 heterocycles. The average molecular weight is 453 g/mol. The monoisotopic (exact) mass is 452 g/mol. The Balaban J connectivity index is 1.83. The van der Waals surface area contributed by atoms with E-state index in [-0.39, 0.29) is 31.1 Å². The van der Waals surface area contributed by atoms with Gasteiger partial charge in [0.25, 0.3) is 0 Å². The van der Waals surface area contributed by atoms with Crippen LogP contribution in [-0.2, 0) is 20.0 Å². The van der Waals surface area contributed by atoms with Gasteiger partial charge in [-0.3, -0.25) is 0 Å². The molecule has 2 aromatic carbocycles. The summed E-state index contributed by atoms with van der Waals surface area (Å²) in [5.41, 5.74) is 3.34. The quantitative estimate of drug-likeness (QED) is 0.696. The van der Waals surface area contributed by atoms with Gasteiger partial charge in [0.05, 0.1) is 16.9 Å². The number of benzene rings is 2. The predicted molar refractivity (Wildman–Crippen MR) is 116 cm³/mol. The molecule has 0 unspecified atom stereocenters. The maximum Gasteiger partial charge on any atom is 0.243 e. The molecule has 0 atom stereocenters. The number of rotatable bonds is 5. The van der Waals surface area contributed by atoms with Gasteiger partial charge in [-0.2, -0.15) is 8.61 Å². The maximum atomic E-state index is 13.4. The van der Waals surface area contributed by atoms with E-state index in [1.165, 1.54) is 27.9 Å². The number of aryl methyl sites for hydroxylation is 2. The molecule has 0 N–H and O–H groups in total. The lowest BCUT2D eigenvalue weighted by molar-refractivity contribution is 0.272. The number of piperazine rings is 1. The minimum Gasteiger partial charge on any atom is -0.497 e. The Bertz CT molecular complexity index is 1120. The first-order chi connectivity index (χ1) is 14.0. The van der Waals surface area contributed by atoms with E-state index in [1.807, 2.05) is 33.8 Å². The second kappa shape index (κ2) is 8.30. The van der Waals surface area contributed by atoms with Crippen LogP contribution in [0, 0.1) is 27.7 Å². The molecule has 1 aliphatic heterocycles. The number of ether oxygens (including phenoxy) is 1. The van der Waals surface area contributed by atoms with Crippen LogP contribution in [0.3, 0.4) is 0 Å². The van der Waals surface area contributed by atoms with Crippen LogP contribution < -0.4 is 4.74 Å². The molecule has 164 valence electrons. The number of nitrogens with zero attached hydrogens (tertiary/aromatic N) is 2. The van der Waals surface area contributed by atoms with Crippen molar-refractivity contribution in [3.05, 3.63) is 52.6 Å². The van der Waals surface area contributed by atoms with Gasteiger partial charge in [-0.15, -0.1) is 0 Å². The molecule has 0 spiro atoms. The zero-order chi connectivity index (χ0) is 22.3. The Labute approximate surface area is 179 Å². The third kappa shape index (κ3) is 3.99. The third-order valence-corrected chi connectivity index (χ3v) is 9.88. The molecule has 0 aromatic heterocycles. The van der Waals surface area contributed by atoms with E-state index in [4.69, 9.17) is 4.74 Å². The molecule has 7 nitrogen and oxygen atoms in total. The third-order valence-electron chi connectivity index (χ3n) is 5.79. The fourth-order valence-electron chi connectivity index (χ4n) is 3.74. The van der Waals surface area contributed by atoms with Crippen molar-refractivity contribution in [3.63, 3.8) is 0 Å². The van der Waals surface area contributed by atoms with E-state index in [9.17, 15) is 16.8 Å². The number of hydrogen-bond donors (Lipinski definition) is 0. The first-order valence-electron chi connectivity index (χ1n) is 9.72. The minimum absolute atomic E-state index is 0.108. The van der Waals surface area contributed by atoms with Crippen LogP contribution in [0.2, 0.25) is 0 Å². The van der Waals surface area contributed by atoms with Crippen LogP contribution in [0.1, 0.15) is 22.3 Å². The topological polar surface area (TPSA) is 84.0 Å². The lowest BCUT2D eigenvalue weighted by atomic mass is 10.0. The first-order valence-corrected chi connectivity index (χ1v) is 12.6. The van der Waals surface area contributed by atoms with Crippen LogP contribution in [0.15, 0.2) is 40.1 Å². The minimum atomic E-state index is -3.72. The normalized spacial score (nSPS) is 16.6. The zero-order valence-corrected chi connectivity index (χ0v) is 19.6. The smallest absolute Gasteiger partial charge is 0.243 e. The molecule has 1 fully saturated rings. The van der Waals surface area contributed by atoms with Gasteiger partial charge in [0.2, 0.25) is 20.0 Å². The molecule has 9 heteroatoms. The van der Waals surface area contributed by atoms with Crippen LogP contribution >= 0.6 is 0 Å². The number of hydrogen-bond acceptors (Lipinski definition) is 5. The van der Waals surface area contributed by atoms with E-state index < -0.39 is 20.0 Å². The summed E-state index contributed by atoms with van der Waals surface area (Å²) >= 11 is 0. The van der Waals surface area contributed by atoms with Crippen LogP contribution in [0.5, 0.6) is 5.75 Å². The van der Waals surface area contributed by atoms with Gasteiger partial charge in [0.1, 0.15) is 5.75 Å². The second-order valence-electron chi connectivity index (χ2n) is 7.57. The summed E-state index contributed by atoms with van der Waals surface area (Å²) in [6.45, 7) is 7.89. The van der Waals surface area contributed by atoms with E-state index in [0.717, 1.165) is 22.3 Å². The Morgan fingerprint density at radius 1 is 0.733 bits per heavy atom. The predicted octanol–water partition coefficient (Wildman–Crippen LogP) is 2.62.